The fourth-order valence-corrected chi connectivity index (χ4v) is 3.39. The van der Waals surface area contributed by atoms with E-state index in [1.54, 1.807) is 0 Å². The maximum Gasteiger partial charge on any atom is 0.0627 e. The Morgan fingerprint density at radius 2 is 2.00 bits per heavy atom. The molecule has 1 heterocycles. The predicted molar refractivity (Wildman–Crippen MR) is 81.4 cm³/mol. The summed E-state index contributed by atoms with van der Waals surface area (Å²) in [5.41, 5.74) is 8.97. The van der Waals surface area contributed by atoms with E-state index in [1.165, 1.54) is 24.1 Å². The summed E-state index contributed by atoms with van der Waals surface area (Å²) in [5.74, 6) is 1.20. The Labute approximate surface area is 120 Å². The van der Waals surface area contributed by atoms with Crippen LogP contribution in [-0.4, -0.2) is 15.8 Å². The Bertz CT molecular complexity index is 546. The van der Waals surface area contributed by atoms with E-state index < -0.39 is 0 Å². The molecule has 20 heavy (non-hydrogen) atoms. The minimum absolute atomic E-state index is 0.317. The van der Waals surface area contributed by atoms with Crippen molar-refractivity contribution in [3.63, 3.8) is 0 Å². The molecule has 1 aliphatic carbocycles. The van der Waals surface area contributed by atoms with Gasteiger partial charge in [0.1, 0.15) is 0 Å². The lowest BCUT2D eigenvalue weighted by atomic mass is 9.74. The van der Waals surface area contributed by atoms with Crippen LogP contribution in [0, 0.1) is 5.92 Å². The predicted octanol–water partition coefficient (Wildman–Crippen LogP) is 2.87. The zero-order chi connectivity index (χ0) is 13.9. The van der Waals surface area contributed by atoms with Crippen LogP contribution in [0.2, 0.25) is 0 Å². The molecule has 1 fully saturated rings. The smallest absolute Gasteiger partial charge is 0.0627 e. The lowest BCUT2D eigenvalue weighted by molar-refractivity contribution is 0.275. The molecule has 0 aliphatic heterocycles. The lowest BCUT2D eigenvalue weighted by Crippen LogP contribution is -2.36. The molecule has 2 aromatic rings. The van der Waals surface area contributed by atoms with E-state index in [0.717, 1.165) is 12.8 Å². The molecule has 3 nitrogen and oxygen atoms in total. The molecule has 1 aromatic heterocycles. The second kappa shape index (κ2) is 5.80. The van der Waals surface area contributed by atoms with Crippen LogP contribution in [0.15, 0.2) is 42.6 Å². The van der Waals surface area contributed by atoms with Gasteiger partial charge in [-0.15, -0.1) is 0 Å². The second-order valence-electron chi connectivity index (χ2n) is 6.03. The van der Waals surface area contributed by atoms with Gasteiger partial charge in [0.15, 0.2) is 0 Å². The Hall–Kier alpha value is -1.61. The highest BCUT2D eigenvalue weighted by Gasteiger charge is 2.29. The van der Waals surface area contributed by atoms with E-state index in [-0.39, 0.29) is 0 Å². The molecule has 0 spiro atoms. The van der Waals surface area contributed by atoms with Crippen LogP contribution in [0.4, 0.5) is 0 Å². The average Bonchev–Trinajstić information content (AvgIpc) is 2.88. The molecule has 3 atom stereocenters. The van der Waals surface area contributed by atoms with Crippen LogP contribution >= 0.6 is 0 Å². The van der Waals surface area contributed by atoms with Gasteiger partial charge in [-0.3, -0.25) is 4.68 Å². The van der Waals surface area contributed by atoms with Crippen LogP contribution in [0.25, 0.3) is 0 Å². The largest absolute Gasteiger partial charge is 0.327 e. The van der Waals surface area contributed by atoms with Crippen molar-refractivity contribution in [2.45, 2.75) is 37.6 Å². The van der Waals surface area contributed by atoms with E-state index in [0.29, 0.717) is 17.9 Å². The quantitative estimate of drug-likeness (QED) is 0.931. The molecular formula is C17H23N3. The van der Waals surface area contributed by atoms with Crippen molar-refractivity contribution < 1.29 is 0 Å². The van der Waals surface area contributed by atoms with Crippen LogP contribution < -0.4 is 5.73 Å². The Morgan fingerprint density at radius 1 is 1.20 bits per heavy atom. The fourth-order valence-electron chi connectivity index (χ4n) is 3.39. The van der Waals surface area contributed by atoms with Gasteiger partial charge < -0.3 is 5.73 Å². The SMILES string of the molecule is Cn1ccc(CC2CC(c3ccccc3)CCC2N)n1. The van der Waals surface area contributed by atoms with Crippen molar-refractivity contribution in [2.75, 3.05) is 0 Å². The van der Waals surface area contributed by atoms with Crippen molar-refractivity contribution in [1.82, 2.24) is 9.78 Å². The van der Waals surface area contributed by atoms with Gasteiger partial charge in [0.05, 0.1) is 5.69 Å². The molecular weight excluding hydrogens is 246 g/mol. The first kappa shape index (κ1) is 13.4. The van der Waals surface area contributed by atoms with Crippen molar-refractivity contribution in [1.29, 1.82) is 0 Å². The van der Waals surface area contributed by atoms with Gasteiger partial charge in [0.2, 0.25) is 0 Å². The first-order chi connectivity index (χ1) is 9.72. The average molecular weight is 269 g/mol. The third-order valence-corrected chi connectivity index (χ3v) is 4.55. The summed E-state index contributed by atoms with van der Waals surface area (Å²) in [5, 5.41) is 4.50. The zero-order valence-corrected chi connectivity index (χ0v) is 12.1. The first-order valence-electron chi connectivity index (χ1n) is 7.51. The second-order valence-corrected chi connectivity index (χ2v) is 6.03. The number of nitrogens with two attached hydrogens (primary N) is 1. The number of benzene rings is 1. The molecule has 106 valence electrons. The first-order valence-corrected chi connectivity index (χ1v) is 7.51. The lowest BCUT2D eigenvalue weighted by Gasteiger charge is -2.34. The van der Waals surface area contributed by atoms with Gasteiger partial charge in [-0.25, -0.2) is 0 Å². The van der Waals surface area contributed by atoms with E-state index in [9.17, 15) is 0 Å². The zero-order valence-electron chi connectivity index (χ0n) is 12.1. The molecule has 0 radical (unpaired) electrons. The van der Waals surface area contributed by atoms with Gasteiger partial charge in [0.25, 0.3) is 0 Å². The fraction of sp³-hybridized carbons (Fsp3) is 0.471. The normalized spacial score (nSPS) is 26.6. The van der Waals surface area contributed by atoms with Gasteiger partial charge in [-0.2, -0.15) is 5.10 Å². The van der Waals surface area contributed by atoms with Crippen molar-refractivity contribution in [2.24, 2.45) is 18.7 Å². The topological polar surface area (TPSA) is 43.8 Å². The number of aryl methyl sites for hydroxylation is 1. The van der Waals surface area contributed by atoms with Crippen molar-refractivity contribution in [3.8, 4) is 0 Å². The van der Waals surface area contributed by atoms with Crippen LogP contribution in [0.3, 0.4) is 0 Å². The summed E-state index contributed by atoms with van der Waals surface area (Å²) >= 11 is 0. The molecule has 0 saturated heterocycles. The van der Waals surface area contributed by atoms with Gasteiger partial charge in [-0.05, 0) is 49.1 Å². The van der Waals surface area contributed by atoms with E-state index in [4.69, 9.17) is 5.73 Å². The number of hydrogen-bond donors (Lipinski definition) is 1. The highest BCUT2D eigenvalue weighted by atomic mass is 15.2. The number of hydrogen-bond acceptors (Lipinski definition) is 2. The highest BCUT2D eigenvalue weighted by Crippen LogP contribution is 2.36. The molecule has 1 saturated carbocycles. The van der Waals surface area contributed by atoms with Gasteiger partial charge in [-0.1, -0.05) is 30.3 Å². The van der Waals surface area contributed by atoms with Crippen molar-refractivity contribution in [3.05, 3.63) is 53.9 Å². The maximum absolute atomic E-state index is 6.34. The molecule has 0 amide bonds. The molecule has 3 heteroatoms. The molecule has 2 N–H and O–H groups in total. The van der Waals surface area contributed by atoms with E-state index in [2.05, 4.69) is 41.5 Å². The number of aromatic nitrogens is 2. The maximum atomic E-state index is 6.34. The van der Waals surface area contributed by atoms with Crippen molar-refractivity contribution >= 4 is 0 Å². The third-order valence-electron chi connectivity index (χ3n) is 4.55. The minimum atomic E-state index is 0.317. The molecule has 3 unspecified atom stereocenters. The summed E-state index contributed by atoms with van der Waals surface area (Å²) in [6.07, 6.45) is 6.53. The minimum Gasteiger partial charge on any atom is -0.327 e. The van der Waals surface area contributed by atoms with E-state index in [1.807, 2.05) is 17.9 Å². The molecule has 1 aliphatic rings. The number of nitrogens with zero attached hydrogens (tertiary/aromatic N) is 2. The molecule has 3 rings (SSSR count). The monoisotopic (exact) mass is 269 g/mol. The van der Waals surface area contributed by atoms with Gasteiger partial charge >= 0.3 is 0 Å². The summed E-state index contributed by atoms with van der Waals surface area (Å²) < 4.78 is 1.87. The van der Waals surface area contributed by atoms with Crippen LogP contribution in [0.1, 0.15) is 36.4 Å². The molecule has 1 aromatic carbocycles. The summed E-state index contributed by atoms with van der Waals surface area (Å²) in [4.78, 5) is 0. The third kappa shape index (κ3) is 2.93. The summed E-state index contributed by atoms with van der Waals surface area (Å²) in [6, 6.07) is 13.3. The van der Waals surface area contributed by atoms with Gasteiger partial charge in [0, 0.05) is 19.3 Å². The van der Waals surface area contributed by atoms with Crippen LogP contribution in [-0.2, 0) is 13.5 Å². The van der Waals surface area contributed by atoms with E-state index >= 15 is 0 Å². The standard InChI is InChI=1S/C17H23N3/c1-20-10-9-16(19-20)12-15-11-14(7-8-17(15)18)13-5-3-2-4-6-13/h2-6,9-10,14-15,17H,7-8,11-12,18H2,1H3. The Morgan fingerprint density at radius 3 is 2.70 bits per heavy atom. The summed E-state index contributed by atoms with van der Waals surface area (Å²) in [7, 11) is 1.97. The molecule has 0 bridgehead atoms. The number of rotatable bonds is 3. The Balaban J connectivity index is 1.70. The van der Waals surface area contributed by atoms with Crippen LogP contribution in [0.5, 0.6) is 0 Å². The Kier molecular flexibility index (Phi) is 3.88. The summed E-state index contributed by atoms with van der Waals surface area (Å²) in [6.45, 7) is 0. The highest BCUT2D eigenvalue weighted by molar-refractivity contribution is 5.20.